The van der Waals surface area contributed by atoms with E-state index in [0.29, 0.717) is 25.3 Å². The number of rotatable bonds is 6. The number of carbonyl (C=O) groups is 1. The van der Waals surface area contributed by atoms with Gasteiger partial charge in [-0.15, -0.1) is 0 Å². The molecule has 0 aliphatic rings. The van der Waals surface area contributed by atoms with Crippen molar-refractivity contribution in [1.29, 1.82) is 0 Å². The molecule has 0 aliphatic carbocycles. The average molecular weight is 324 g/mol. The molecule has 0 atom stereocenters. The van der Waals surface area contributed by atoms with E-state index in [2.05, 4.69) is 10.4 Å². The first-order valence-electron chi connectivity index (χ1n) is 7.93. The third-order valence-electron chi connectivity index (χ3n) is 3.81. The van der Waals surface area contributed by atoms with E-state index in [1.54, 1.807) is 18.0 Å². The van der Waals surface area contributed by atoms with Gasteiger partial charge in [-0.25, -0.2) is 9.67 Å². The quantitative estimate of drug-likeness (QED) is 0.707. The molecular weight excluding hydrogens is 304 g/mol. The lowest BCUT2D eigenvalue weighted by Gasteiger charge is -2.09. The number of methoxy groups -OCH3 is 1. The van der Waals surface area contributed by atoms with E-state index in [1.807, 2.05) is 43.3 Å². The summed E-state index contributed by atoms with van der Waals surface area (Å²) in [5.74, 6) is -0.146. The van der Waals surface area contributed by atoms with Crippen LogP contribution >= 0.6 is 0 Å². The summed E-state index contributed by atoms with van der Waals surface area (Å²) >= 11 is 0. The van der Waals surface area contributed by atoms with Crippen molar-refractivity contribution in [2.45, 2.75) is 13.5 Å². The number of hydrogen-bond acceptors (Lipinski definition) is 4. The number of hydrogen-bond donors (Lipinski definition) is 1. The Kier molecular flexibility index (Phi) is 4.86. The van der Waals surface area contributed by atoms with E-state index in [0.717, 1.165) is 22.3 Å². The molecule has 0 unspecified atom stereocenters. The molecule has 24 heavy (non-hydrogen) atoms. The van der Waals surface area contributed by atoms with Crippen LogP contribution in [0, 0.1) is 0 Å². The molecule has 0 saturated heterocycles. The van der Waals surface area contributed by atoms with Gasteiger partial charge in [0.1, 0.15) is 0 Å². The largest absolute Gasteiger partial charge is 0.383 e. The van der Waals surface area contributed by atoms with Crippen molar-refractivity contribution < 1.29 is 9.53 Å². The topological polar surface area (TPSA) is 69.0 Å². The molecule has 0 bridgehead atoms. The number of benzene rings is 1. The third-order valence-corrected chi connectivity index (χ3v) is 3.81. The summed E-state index contributed by atoms with van der Waals surface area (Å²) in [4.78, 5) is 17.3. The Morgan fingerprint density at radius 3 is 2.79 bits per heavy atom. The summed E-state index contributed by atoms with van der Waals surface area (Å²) in [5, 5.41) is 7.96. The Labute approximate surface area is 140 Å². The maximum Gasteiger partial charge on any atom is 0.252 e. The summed E-state index contributed by atoms with van der Waals surface area (Å²) in [5.41, 5.74) is 3.02. The molecule has 2 aromatic heterocycles. The summed E-state index contributed by atoms with van der Waals surface area (Å²) in [7, 11) is 1.61. The van der Waals surface area contributed by atoms with Crippen molar-refractivity contribution >= 4 is 16.9 Å². The summed E-state index contributed by atoms with van der Waals surface area (Å²) < 4.78 is 6.79. The summed E-state index contributed by atoms with van der Waals surface area (Å²) in [6.45, 7) is 3.63. The van der Waals surface area contributed by atoms with Gasteiger partial charge in [-0.3, -0.25) is 4.79 Å². The molecule has 1 amide bonds. The second-order valence-corrected chi connectivity index (χ2v) is 5.37. The Balaban J connectivity index is 2.09. The van der Waals surface area contributed by atoms with E-state index in [4.69, 9.17) is 9.72 Å². The third kappa shape index (κ3) is 3.14. The normalized spacial score (nSPS) is 10.9. The van der Waals surface area contributed by atoms with Gasteiger partial charge >= 0.3 is 0 Å². The minimum Gasteiger partial charge on any atom is -0.383 e. The predicted molar refractivity (Wildman–Crippen MR) is 92.8 cm³/mol. The molecule has 0 spiro atoms. The van der Waals surface area contributed by atoms with Crippen molar-refractivity contribution in [3.8, 4) is 11.3 Å². The molecule has 2 heterocycles. The molecule has 1 N–H and O–H groups in total. The fraction of sp³-hybridized carbons (Fsp3) is 0.278. The zero-order valence-electron chi connectivity index (χ0n) is 13.8. The first kappa shape index (κ1) is 16.1. The van der Waals surface area contributed by atoms with Crippen LogP contribution in [0.5, 0.6) is 0 Å². The highest BCUT2D eigenvalue weighted by atomic mass is 16.5. The van der Waals surface area contributed by atoms with Gasteiger partial charge in [0.2, 0.25) is 0 Å². The fourth-order valence-corrected chi connectivity index (χ4v) is 2.59. The van der Waals surface area contributed by atoms with Crippen LogP contribution in [0.3, 0.4) is 0 Å². The van der Waals surface area contributed by atoms with Crippen molar-refractivity contribution in [3.05, 3.63) is 48.2 Å². The Morgan fingerprint density at radius 2 is 2.08 bits per heavy atom. The molecule has 0 radical (unpaired) electrons. The number of nitrogens with one attached hydrogen (secondary N) is 1. The van der Waals surface area contributed by atoms with Crippen LogP contribution in [-0.4, -0.2) is 40.9 Å². The van der Waals surface area contributed by atoms with Gasteiger partial charge in [0.05, 0.1) is 29.4 Å². The molecule has 124 valence electrons. The summed E-state index contributed by atoms with van der Waals surface area (Å²) in [6.07, 6.45) is 1.70. The van der Waals surface area contributed by atoms with Crippen LogP contribution < -0.4 is 5.32 Å². The Bertz CT molecular complexity index is 843. The van der Waals surface area contributed by atoms with Crippen molar-refractivity contribution in [2.24, 2.45) is 0 Å². The van der Waals surface area contributed by atoms with Crippen LogP contribution in [0.1, 0.15) is 17.3 Å². The van der Waals surface area contributed by atoms with Crippen molar-refractivity contribution in [2.75, 3.05) is 20.3 Å². The molecule has 6 heteroatoms. The lowest BCUT2D eigenvalue weighted by atomic mass is 10.1. The second kappa shape index (κ2) is 7.23. The molecule has 6 nitrogen and oxygen atoms in total. The van der Waals surface area contributed by atoms with Gasteiger partial charge in [-0.2, -0.15) is 5.10 Å². The smallest absolute Gasteiger partial charge is 0.252 e. The highest BCUT2D eigenvalue weighted by molar-refractivity contribution is 6.06. The van der Waals surface area contributed by atoms with Crippen molar-refractivity contribution in [3.63, 3.8) is 0 Å². The number of ether oxygens (including phenoxy) is 1. The Morgan fingerprint density at radius 1 is 1.29 bits per heavy atom. The van der Waals surface area contributed by atoms with Gasteiger partial charge in [-0.1, -0.05) is 30.3 Å². The van der Waals surface area contributed by atoms with Crippen LogP contribution in [0.15, 0.2) is 42.6 Å². The van der Waals surface area contributed by atoms with E-state index in [-0.39, 0.29) is 5.91 Å². The highest BCUT2D eigenvalue weighted by Crippen LogP contribution is 2.24. The number of pyridine rings is 1. The number of nitrogens with zero attached hydrogens (tertiary/aromatic N) is 3. The van der Waals surface area contributed by atoms with Crippen molar-refractivity contribution in [1.82, 2.24) is 20.1 Å². The van der Waals surface area contributed by atoms with Crippen LogP contribution in [-0.2, 0) is 11.3 Å². The average Bonchev–Trinajstić information content (AvgIpc) is 3.04. The van der Waals surface area contributed by atoms with E-state index >= 15 is 0 Å². The van der Waals surface area contributed by atoms with Crippen LogP contribution in [0.4, 0.5) is 0 Å². The first-order valence-corrected chi connectivity index (χ1v) is 7.93. The number of aryl methyl sites for hydroxylation is 1. The minimum atomic E-state index is -0.146. The first-order chi connectivity index (χ1) is 11.7. The molecule has 3 aromatic rings. The maximum absolute atomic E-state index is 12.6. The van der Waals surface area contributed by atoms with Gasteiger partial charge in [0.15, 0.2) is 5.65 Å². The van der Waals surface area contributed by atoms with E-state index in [1.165, 1.54) is 0 Å². The zero-order chi connectivity index (χ0) is 16.9. The number of aromatic nitrogens is 3. The molecule has 1 aromatic carbocycles. The molecule has 0 aliphatic heterocycles. The van der Waals surface area contributed by atoms with E-state index < -0.39 is 0 Å². The number of amides is 1. The monoisotopic (exact) mass is 324 g/mol. The SMILES string of the molecule is CCn1ncc2c(C(=O)NCCOC)cc(-c3ccccc3)nc21. The van der Waals surface area contributed by atoms with Crippen LogP contribution in [0.25, 0.3) is 22.3 Å². The van der Waals surface area contributed by atoms with E-state index in [9.17, 15) is 4.79 Å². The predicted octanol–water partition coefficient (Wildman–Crippen LogP) is 2.49. The molecule has 3 rings (SSSR count). The van der Waals surface area contributed by atoms with Gasteiger partial charge < -0.3 is 10.1 Å². The maximum atomic E-state index is 12.6. The molecular formula is C18H20N4O2. The lowest BCUT2D eigenvalue weighted by Crippen LogP contribution is -2.27. The van der Waals surface area contributed by atoms with Gasteiger partial charge in [0, 0.05) is 25.8 Å². The zero-order valence-corrected chi connectivity index (χ0v) is 13.8. The lowest BCUT2D eigenvalue weighted by molar-refractivity contribution is 0.0938. The fourth-order valence-electron chi connectivity index (χ4n) is 2.59. The Hall–Kier alpha value is -2.73. The second-order valence-electron chi connectivity index (χ2n) is 5.37. The summed E-state index contributed by atoms with van der Waals surface area (Å²) in [6, 6.07) is 11.6. The van der Waals surface area contributed by atoms with Gasteiger partial charge in [-0.05, 0) is 13.0 Å². The van der Waals surface area contributed by atoms with Gasteiger partial charge in [0.25, 0.3) is 5.91 Å². The molecule has 0 saturated carbocycles. The standard InChI is InChI=1S/C18H20N4O2/c1-3-22-17-15(12-20-22)14(18(23)19-9-10-24-2)11-16(21-17)13-7-5-4-6-8-13/h4-8,11-12H,3,9-10H2,1-2H3,(H,19,23). The van der Waals surface area contributed by atoms with Crippen LogP contribution in [0.2, 0.25) is 0 Å². The number of carbonyl (C=O) groups excluding carboxylic acids is 1. The molecule has 0 fully saturated rings. The number of fused-ring (bicyclic) bond motifs is 1. The minimum absolute atomic E-state index is 0.146. The highest BCUT2D eigenvalue weighted by Gasteiger charge is 2.16.